The number of ether oxygens (including phenoxy) is 1. The van der Waals surface area contributed by atoms with Crippen LogP contribution in [0.1, 0.15) is 31.7 Å². The molecule has 1 aliphatic heterocycles. The molecule has 1 saturated heterocycles. The molecule has 0 aliphatic carbocycles. The van der Waals surface area contributed by atoms with Crippen molar-refractivity contribution in [1.29, 1.82) is 0 Å². The van der Waals surface area contributed by atoms with E-state index in [1.54, 1.807) is 13.3 Å². The largest absolute Gasteiger partial charge is 0.481 e. The Bertz CT molecular complexity index is 464. The molecule has 0 aromatic carbocycles. The number of aliphatic carboxylic acids is 1. The molecular weight excluding hydrogens is 244 g/mol. The summed E-state index contributed by atoms with van der Waals surface area (Å²) in [4.78, 5) is 17.8. The lowest BCUT2D eigenvalue weighted by molar-refractivity contribution is -0.150. The van der Waals surface area contributed by atoms with Crippen molar-refractivity contribution in [2.75, 3.05) is 13.7 Å². The Kier molecular flexibility index (Phi) is 4.04. The van der Waals surface area contributed by atoms with Crippen LogP contribution in [-0.2, 0) is 11.3 Å². The smallest absolute Gasteiger partial charge is 0.324 e. The zero-order valence-electron chi connectivity index (χ0n) is 11.4. The van der Waals surface area contributed by atoms with Gasteiger partial charge in [0.1, 0.15) is 5.54 Å². The number of hydrogen-bond acceptors (Lipinski definition) is 4. The van der Waals surface area contributed by atoms with Gasteiger partial charge in [-0.1, -0.05) is 13.0 Å². The minimum Gasteiger partial charge on any atom is -0.481 e. The van der Waals surface area contributed by atoms with Crippen LogP contribution in [0.15, 0.2) is 18.3 Å². The van der Waals surface area contributed by atoms with Crippen molar-refractivity contribution in [3.63, 3.8) is 0 Å². The van der Waals surface area contributed by atoms with E-state index in [0.29, 0.717) is 25.3 Å². The van der Waals surface area contributed by atoms with E-state index in [0.717, 1.165) is 18.5 Å². The van der Waals surface area contributed by atoms with Crippen molar-refractivity contribution < 1.29 is 14.6 Å². The van der Waals surface area contributed by atoms with Gasteiger partial charge < -0.3 is 9.84 Å². The summed E-state index contributed by atoms with van der Waals surface area (Å²) in [6.45, 7) is 3.31. The fourth-order valence-corrected chi connectivity index (χ4v) is 2.89. The molecule has 0 spiro atoms. The van der Waals surface area contributed by atoms with Gasteiger partial charge in [-0.05, 0) is 31.9 Å². The lowest BCUT2D eigenvalue weighted by atomic mass is 9.92. The zero-order valence-corrected chi connectivity index (χ0v) is 11.4. The summed E-state index contributed by atoms with van der Waals surface area (Å²) in [6, 6.07) is 3.79. The number of pyridine rings is 1. The molecule has 1 unspecified atom stereocenters. The summed E-state index contributed by atoms with van der Waals surface area (Å²) >= 11 is 0. The molecule has 5 heteroatoms. The van der Waals surface area contributed by atoms with E-state index in [-0.39, 0.29) is 0 Å². The highest BCUT2D eigenvalue weighted by atomic mass is 16.5. The maximum atomic E-state index is 11.6. The van der Waals surface area contributed by atoms with Crippen LogP contribution in [0.4, 0.5) is 0 Å². The topological polar surface area (TPSA) is 62.7 Å². The van der Waals surface area contributed by atoms with Crippen LogP contribution in [0.25, 0.3) is 0 Å². The molecule has 0 amide bonds. The summed E-state index contributed by atoms with van der Waals surface area (Å²) in [5, 5.41) is 9.55. The molecule has 1 aromatic heterocycles. The highest BCUT2D eigenvalue weighted by Crippen LogP contribution is 2.34. The SMILES string of the molecule is CCC1(C(=O)O)CCCN1Cc1cccnc1OC. The van der Waals surface area contributed by atoms with Crippen LogP contribution in [0, 0.1) is 0 Å². The van der Waals surface area contributed by atoms with Gasteiger partial charge in [-0.2, -0.15) is 0 Å². The minimum atomic E-state index is -0.735. The minimum absolute atomic E-state index is 0.567. The lowest BCUT2D eigenvalue weighted by Gasteiger charge is -2.34. The normalized spacial score (nSPS) is 23.5. The third-order valence-corrected chi connectivity index (χ3v) is 4.01. The molecule has 5 nitrogen and oxygen atoms in total. The maximum absolute atomic E-state index is 11.6. The van der Waals surface area contributed by atoms with E-state index < -0.39 is 11.5 Å². The van der Waals surface area contributed by atoms with Gasteiger partial charge in [-0.3, -0.25) is 9.69 Å². The Labute approximate surface area is 113 Å². The van der Waals surface area contributed by atoms with Crippen molar-refractivity contribution in [2.24, 2.45) is 0 Å². The summed E-state index contributed by atoms with van der Waals surface area (Å²) in [5.74, 6) is -0.153. The first kappa shape index (κ1) is 13.8. The fraction of sp³-hybridized carbons (Fsp3) is 0.571. The quantitative estimate of drug-likeness (QED) is 0.880. The van der Waals surface area contributed by atoms with E-state index in [2.05, 4.69) is 4.98 Å². The van der Waals surface area contributed by atoms with Crippen LogP contribution in [-0.4, -0.2) is 40.2 Å². The number of carbonyl (C=O) groups is 1. The Morgan fingerprint density at radius 1 is 1.63 bits per heavy atom. The first-order valence-corrected chi connectivity index (χ1v) is 6.60. The van der Waals surface area contributed by atoms with Crippen molar-refractivity contribution in [2.45, 2.75) is 38.3 Å². The molecule has 19 heavy (non-hydrogen) atoms. The number of aromatic nitrogens is 1. The molecule has 1 fully saturated rings. The van der Waals surface area contributed by atoms with E-state index >= 15 is 0 Å². The molecule has 1 aliphatic rings. The van der Waals surface area contributed by atoms with Crippen molar-refractivity contribution in [3.05, 3.63) is 23.9 Å². The van der Waals surface area contributed by atoms with Gasteiger partial charge >= 0.3 is 5.97 Å². The van der Waals surface area contributed by atoms with Crippen LogP contribution >= 0.6 is 0 Å². The number of carboxylic acids is 1. The lowest BCUT2D eigenvalue weighted by Crippen LogP contribution is -2.49. The monoisotopic (exact) mass is 264 g/mol. The first-order valence-electron chi connectivity index (χ1n) is 6.60. The van der Waals surface area contributed by atoms with Crippen molar-refractivity contribution >= 4 is 5.97 Å². The third-order valence-electron chi connectivity index (χ3n) is 4.01. The standard InChI is InChI=1S/C14H20N2O3/c1-3-14(13(17)18)7-5-9-16(14)10-11-6-4-8-15-12(11)19-2/h4,6,8H,3,5,7,9-10H2,1-2H3,(H,17,18). The second-order valence-electron chi connectivity index (χ2n) is 4.89. The summed E-state index contributed by atoms with van der Waals surface area (Å²) in [7, 11) is 1.58. The average Bonchev–Trinajstić information content (AvgIpc) is 2.83. The molecule has 2 rings (SSSR count). The first-order chi connectivity index (χ1) is 9.14. The Balaban J connectivity index is 2.24. The van der Waals surface area contributed by atoms with Gasteiger partial charge in [0.15, 0.2) is 0 Å². The summed E-state index contributed by atoms with van der Waals surface area (Å²) < 4.78 is 5.23. The van der Waals surface area contributed by atoms with E-state index in [9.17, 15) is 9.90 Å². The predicted octanol–water partition coefficient (Wildman–Crippen LogP) is 1.92. The molecule has 1 aromatic rings. The number of likely N-dealkylation sites (tertiary alicyclic amines) is 1. The van der Waals surface area contributed by atoms with Crippen LogP contribution < -0.4 is 4.74 Å². The maximum Gasteiger partial charge on any atom is 0.324 e. The molecule has 0 saturated carbocycles. The van der Waals surface area contributed by atoms with Gasteiger partial charge in [0.2, 0.25) is 5.88 Å². The Morgan fingerprint density at radius 3 is 3.05 bits per heavy atom. The van der Waals surface area contributed by atoms with E-state index in [4.69, 9.17) is 4.74 Å². The Hall–Kier alpha value is -1.62. The molecule has 104 valence electrons. The molecule has 0 radical (unpaired) electrons. The molecular formula is C14H20N2O3. The number of hydrogen-bond donors (Lipinski definition) is 1. The summed E-state index contributed by atoms with van der Waals surface area (Å²) in [6.07, 6.45) is 3.92. The van der Waals surface area contributed by atoms with Gasteiger partial charge in [-0.25, -0.2) is 4.98 Å². The third kappa shape index (κ3) is 2.42. The van der Waals surface area contributed by atoms with Crippen LogP contribution in [0.5, 0.6) is 5.88 Å². The fourth-order valence-electron chi connectivity index (χ4n) is 2.89. The highest BCUT2D eigenvalue weighted by Gasteiger charge is 2.46. The number of nitrogens with zero attached hydrogens (tertiary/aromatic N) is 2. The van der Waals surface area contributed by atoms with Crippen LogP contribution in [0.2, 0.25) is 0 Å². The van der Waals surface area contributed by atoms with Crippen molar-refractivity contribution in [3.8, 4) is 5.88 Å². The van der Waals surface area contributed by atoms with Gasteiger partial charge in [0.25, 0.3) is 0 Å². The molecule has 1 N–H and O–H groups in total. The van der Waals surface area contributed by atoms with Gasteiger partial charge in [0.05, 0.1) is 7.11 Å². The highest BCUT2D eigenvalue weighted by molar-refractivity contribution is 5.79. The van der Waals surface area contributed by atoms with Gasteiger partial charge in [0, 0.05) is 18.3 Å². The predicted molar refractivity (Wildman–Crippen MR) is 71.1 cm³/mol. The second kappa shape index (κ2) is 5.57. The summed E-state index contributed by atoms with van der Waals surface area (Å²) in [5.41, 5.74) is 0.201. The Morgan fingerprint density at radius 2 is 2.42 bits per heavy atom. The molecule has 1 atom stereocenters. The molecule has 2 heterocycles. The van der Waals surface area contributed by atoms with Crippen LogP contribution in [0.3, 0.4) is 0 Å². The second-order valence-corrected chi connectivity index (χ2v) is 4.89. The number of rotatable bonds is 5. The van der Waals surface area contributed by atoms with E-state index in [1.807, 2.05) is 24.0 Å². The number of carboxylic acid groups (broad SMARTS) is 1. The van der Waals surface area contributed by atoms with Gasteiger partial charge in [-0.15, -0.1) is 0 Å². The van der Waals surface area contributed by atoms with Crippen molar-refractivity contribution in [1.82, 2.24) is 9.88 Å². The average molecular weight is 264 g/mol. The molecule has 0 bridgehead atoms. The van der Waals surface area contributed by atoms with E-state index in [1.165, 1.54) is 0 Å². The number of methoxy groups -OCH3 is 1. The zero-order chi connectivity index (χ0) is 13.9.